The molecule has 0 unspecified atom stereocenters. The van der Waals surface area contributed by atoms with Crippen molar-refractivity contribution in [1.82, 2.24) is 0 Å². The number of ketones is 1. The lowest BCUT2D eigenvalue weighted by Crippen LogP contribution is -2.10. The topological polar surface area (TPSA) is 68.5 Å². The molecule has 3 rings (SSSR count). The molecule has 3 aromatic rings. The van der Waals surface area contributed by atoms with E-state index in [2.05, 4.69) is 5.32 Å². The maximum atomic E-state index is 12.4. The van der Waals surface area contributed by atoms with Gasteiger partial charge in [-0.05, 0) is 60.7 Å². The highest BCUT2D eigenvalue weighted by atomic mass is 35.5. The Hall–Kier alpha value is -3.02. The zero-order valence-corrected chi connectivity index (χ0v) is 16.3. The Morgan fingerprint density at radius 3 is 2.50 bits per heavy atom. The third-order valence-corrected chi connectivity index (χ3v) is 4.33. The zero-order chi connectivity index (χ0) is 20.1. The van der Waals surface area contributed by atoms with Gasteiger partial charge in [0, 0.05) is 21.8 Å². The molecule has 1 amide bonds. The molecule has 0 saturated heterocycles. The predicted octanol–water partition coefficient (Wildman–Crippen LogP) is 5.74. The number of furan rings is 1. The maximum Gasteiger partial charge on any atom is 0.291 e. The third kappa shape index (κ3) is 4.63. The maximum absolute atomic E-state index is 12.4. The molecule has 1 N–H and O–H groups in total. The fourth-order valence-corrected chi connectivity index (χ4v) is 3.09. The van der Waals surface area contributed by atoms with Gasteiger partial charge in [0.1, 0.15) is 5.75 Å². The van der Waals surface area contributed by atoms with Crippen molar-refractivity contribution >= 4 is 46.7 Å². The van der Waals surface area contributed by atoms with E-state index in [-0.39, 0.29) is 17.5 Å². The van der Waals surface area contributed by atoms with Crippen LogP contribution in [-0.4, -0.2) is 18.8 Å². The predicted molar refractivity (Wildman–Crippen MR) is 109 cm³/mol. The summed E-state index contributed by atoms with van der Waals surface area (Å²) in [5, 5.41) is 3.49. The standard InChI is InChI=1S/C21H15Cl2NO4/c1-27-20-14(11-15(22)12-17(20)23)6-9-18(25)13-4-7-16(8-5-13)24-21(26)19-3-2-10-28-19/h2-12H,1H3,(H,24,26)/b9-6+. The smallest absolute Gasteiger partial charge is 0.291 e. The van der Waals surface area contributed by atoms with Crippen molar-refractivity contribution in [2.24, 2.45) is 0 Å². The molecular weight excluding hydrogens is 401 g/mol. The van der Waals surface area contributed by atoms with E-state index in [1.165, 1.54) is 19.4 Å². The molecule has 1 heterocycles. The Bertz CT molecular complexity index is 1030. The van der Waals surface area contributed by atoms with Crippen LogP contribution < -0.4 is 10.1 Å². The molecule has 0 aliphatic carbocycles. The molecular formula is C21H15Cl2NO4. The van der Waals surface area contributed by atoms with Crippen molar-refractivity contribution in [1.29, 1.82) is 0 Å². The largest absolute Gasteiger partial charge is 0.495 e. The van der Waals surface area contributed by atoms with E-state index < -0.39 is 0 Å². The lowest BCUT2D eigenvalue weighted by atomic mass is 10.1. The van der Waals surface area contributed by atoms with Crippen LogP contribution in [0.1, 0.15) is 26.5 Å². The van der Waals surface area contributed by atoms with Crippen molar-refractivity contribution in [3.8, 4) is 5.75 Å². The van der Waals surface area contributed by atoms with E-state index in [1.54, 1.807) is 54.6 Å². The van der Waals surface area contributed by atoms with Gasteiger partial charge < -0.3 is 14.5 Å². The Balaban J connectivity index is 1.71. The first-order valence-electron chi connectivity index (χ1n) is 8.18. The van der Waals surface area contributed by atoms with Gasteiger partial charge in [0.15, 0.2) is 11.5 Å². The van der Waals surface area contributed by atoms with E-state index in [4.69, 9.17) is 32.4 Å². The van der Waals surface area contributed by atoms with Crippen LogP contribution in [0.5, 0.6) is 5.75 Å². The van der Waals surface area contributed by atoms with Gasteiger partial charge in [-0.3, -0.25) is 9.59 Å². The number of hydrogen-bond acceptors (Lipinski definition) is 4. The minimum atomic E-state index is -0.367. The summed E-state index contributed by atoms with van der Waals surface area (Å²) >= 11 is 12.1. The summed E-state index contributed by atoms with van der Waals surface area (Å²) in [6.45, 7) is 0. The van der Waals surface area contributed by atoms with Gasteiger partial charge in [0.2, 0.25) is 0 Å². The van der Waals surface area contributed by atoms with E-state index in [9.17, 15) is 9.59 Å². The van der Waals surface area contributed by atoms with Crippen molar-refractivity contribution in [2.75, 3.05) is 12.4 Å². The lowest BCUT2D eigenvalue weighted by Gasteiger charge is -2.07. The first-order valence-corrected chi connectivity index (χ1v) is 8.94. The number of anilines is 1. The Kier molecular flexibility index (Phi) is 6.19. The number of benzene rings is 2. The Labute approximate surface area is 171 Å². The van der Waals surface area contributed by atoms with Gasteiger partial charge in [-0.25, -0.2) is 0 Å². The van der Waals surface area contributed by atoms with Crippen molar-refractivity contribution in [3.63, 3.8) is 0 Å². The quantitative estimate of drug-likeness (QED) is 0.411. The summed E-state index contributed by atoms with van der Waals surface area (Å²) in [4.78, 5) is 24.4. The molecule has 7 heteroatoms. The summed E-state index contributed by atoms with van der Waals surface area (Å²) in [5.74, 6) is 0.0549. The molecule has 0 bridgehead atoms. The molecule has 2 aromatic carbocycles. The number of ether oxygens (including phenoxy) is 1. The number of rotatable bonds is 6. The van der Waals surface area contributed by atoms with Crippen molar-refractivity contribution in [2.45, 2.75) is 0 Å². The number of halogens is 2. The Morgan fingerprint density at radius 2 is 1.86 bits per heavy atom. The molecule has 0 spiro atoms. The van der Waals surface area contributed by atoms with Crippen LogP contribution in [0, 0.1) is 0 Å². The summed E-state index contributed by atoms with van der Waals surface area (Å²) < 4.78 is 10.3. The van der Waals surface area contributed by atoms with Crippen LogP contribution >= 0.6 is 23.2 Å². The highest BCUT2D eigenvalue weighted by molar-refractivity contribution is 6.36. The van der Waals surface area contributed by atoms with Crippen molar-refractivity contribution < 1.29 is 18.7 Å². The van der Waals surface area contributed by atoms with Crippen LogP contribution in [-0.2, 0) is 0 Å². The number of amides is 1. The highest BCUT2D eigenvalue weighted by Crippen LogP contribution is 2.33. The lowest BCUT2D eigenvalue weighted by molar-refractivity contribution is 0.0996. The van der Waals surface area contributed by atoms with Crippen LogP contribution in [0.15, 0.2) is 65.3 Å². The van der Waals surface area contributed by atoms with Gasteiger partial charge in [-0.15, -0.1) is 0 Å². The number of hydrogen-bond donors (Lipinski definition) is 1. The van der Waals surface area contributed by atoms with E-state index in [0.717, 1.165) is 0 Å². The second kappa shape index (κ2) is 8.78. The minimum absolute atomic E-state index is 0.206. The number of allylic oxidation sites excluding steroid dienone is 1. The average molecular weight is 416 g/mol. The molecule has 28 heavy (non-hydrogen) atoms. The normalized spacial score (nSPS) is 10.8. The fourth-order valence-electron chi connectivity index (χ4n) is 2.50. The second-order valence-corrected chi connectivity index (χ2v) is 6.56. The molecule has 0 saturated carbocycles. The molecule has 0 aliphatic rings. The van der Waals surface area contributed by atoms with E-state index in [0.29, 0.717) is 32.6 Å². The van der Waals surface area contributed by atoms with Crippen LogP contribution in [0.3, 0.4) is 0 Å². The SMILES string of the molecule is COc1c(Cl)cc(Cl)cc1/C=C/C(=O)c1ccc(NC(=O)c2ccco2)cc1. The number of nitrogens with one attached hydrogen (secondary N) is 1. The first-order chi connectivity index (χ1) is 13.5. The van der Waals surface area contributed by atoms with Gasteiger partial charge in [-0.2, -0.15) is 0 Å². The highest BCUT2D eigenvalue weighted by Gasteiger charge is 2.10. The minimum Gasteiger partial charge on any atom is -0.495 e. The summed E-state index contributed by atoms with van der Waals surface area (Å²) in [5.41, 5.74) is 1.60. The molecule has 0 radical (unpaired) electrons. The van der Waals surface area contributed by atoms with Gasteiger partial charge in [-0.1, -0.05) is 23.2 Å². The van der Waals surface area contributed by atoms with Crippen LogP contribution in [0.25, 0.3) is 6.08 Å². The molecule has 142 valence electrons. The third-order valence-electron chi connectivity index (χ3n) is 3.83. The Morgan fingerprint density at radius 1 is 1.11 bits per heavy atom. The average Bonchev–Trinajstić information content (AvgIpc) is 3.21. The molecule has 0 aliphatic heterocycles. The summed E-state index contributed by atoms with van der Waals surface area (Å²) in [6, 6.07) is 12.9. The monoisotopic (exact) mass is 415 g/mol. The number of carbonyl (C=O) groups excluding carboxylic acids is 2. The number of methoxy groups -OCH3 is 1. The molecule has 5 nitrogen and oxygen atoms in total. The number of carbonyl (C=O) groups is 2. The van der Waals surface area contributed by atoms with Crippen molar-refractivity contribution in [3.05, 3.63) is 87.8 Å². The zero-order valence-electron chi connectivity index (χ0n) is 14.7. The van der Waals surface area contributed by atoms with E-state index >= 15 is 0 Å². The van der Waals surface area contributed by atoms with Crippen LogP contribution in [0.4, 0.5) is 5.69 Å². The summed E-state index contributed by atoms with van der Waals surface area (Å²) in [6.07, 6.45) is 4.41. The molecule has 0 atom stereocenters. The summed E-state index contributed by atoms with van der Waals surface area (Å²) in [7, 11) is 1.49. The fraction of sp³-hybridized carbons (Fsp3) is 0.0476. The second-order valence-electron chi connectivity index (χ2n) is 5.72. The van der Waals surface area contributed by atoms with Gasteiger partial charge in [0.25, 0.3) is 5.91 Å². The molecule has 0 fully saturated rings. The van der Waals surface area contributed by atoms with Gasteiger partial charge in [0.05, 0.1) is 18.4 Å². The molecule has 1 aromatic heterocycles. The van der Waals surface area contributed by atoms with E-state index in [1.807, 2.05) is 0 Å². The van der Waals surface area contributed by atoms with Crippen LogP contribution in [0.2, 0.25) is 10.0 Å². The first kappa shape index (κ1) is 19.7. The van der Waals surface area contributed by atoms with Gasteiger partial charge >= 0.3 is 0 Å².